The predicted molar refractivity (Wildman–Crippen MR) is 147 cm³/mol. The first kappa shape index (κ1) is 28.8. The summed E-state index contributed by atoms with van der Waals surface area (Å²) in [6.07, 6.45) is 0.468. The Kier molecular flexibility index (Phi) is 8.97. The lowest BCUT2D eigenvalue weighted by Gasteiger charge is -2.14. The zero-order valence-corrected chi connectivity index (χ0v) is 22.1. The van der Waals surface area contributed by atoms with Gasteiger partial charge in [-0.1, -0.05) is 24.3 Å². The Morgan fingerprint density at radius 2 is 1.15 bits per heavy atom. The predicted octanol–water partition coefficient (Wildman–Crippen LogP) is 1.05. The van der Waals surface area contributed by atoms with Crippen LogP contribution in [-0.2, 0) is 9.59 Å². The summed E-state index contributed by atoms with van der Waals surface area (Å²) in [6, 6.07) is 13.1. The van der Waals surface area contributed by atoms with E-state index in [-0.39, 0.29) is 69.2 Å². The van der Waals surface area contributed by atoms with E-state index in [1.54, 1.807) is 48.5 Å². The molecule has 13 heteroatoms. The molecule has 5 N–H and O–H groups in total. The standard InChI is InChI=1S/C28H29N7O6/c29-17(12-14-34-25(38)18-6-1-2-7-19(18)26(34)39)16-31-23(36)10-5-11-24(37)33-32-22(30)13-15-35-27(40)20-8-3-4-9-21(20)28(35)41/h1-4,6-9,29H,5,10-16H2,(H2,30,32)(H,31,36)(H,33,37). The van der Waals surface area contributed by atoms with Crippen LogP contribution in [0.2, 0.25) is 0 Å². The molecule has 0 saturated heterocycles. The van der Waals surface area contributed by atoms with Gasteiger partial charge in [-0.05, 0) is 30.7 Å². The lowest BCUT2D eigenvalue weighted by molar-refractivity contribution is -0.122. The van der Waals surface area contributed by atoms with Crippen molar-refractivity contribution in [3.05, 3.63) is 70.8 Å². The number of rotatable bonds is 13. The average Bonchev–Trinajstić information content (AvgIpc) is 3.36. The summed E-state index contributed by atoms with van der Waals surface area (Å²) in [7, 11) is 0. The maximum Gasteiger partial charge on any atom is 0.261 e. The van der Waals surface area contributed by atoms with Crippen LogP contribution < -0.4 is 16.5 Å². The van der Waals surface area contributed by atoms with Crippen molar-refractivity contribution in [2.75, 3.05) is 19.6 Å². The van der Waals surface area contributed by atoms with Gasteiger partial charge >= 0.3 is 0 Å². The van der Waals surface area contributed by atoms with Crippen molar-refractivity contribution in [2.45, 2.75) is 32.1 Å². The Morgan fingerprint density at radius 1 is 0.707 bits per heavy atom. The highest BCUT2D eigenvalue weighted by molar-refractivity contribution is 6.22. The van der Waals surface area contributed by atoms with E-state index in [9.17, 15) is 28.8 Å². The van der Waals surface area contributed by atoms with Crippen molar-refractivity contribution in [1.82, 2.24) is 20.5 Å². The zero-order chi connectivity index (χ0) is 29.5. The lowest BCUT2D eigenvalue weighted by atomic mass is 10.1. The molecule has 0 radical (unpaired) electrons. The van der Waals surface area contributed by atoms with E-state index in [1.165, 1.54) is 0 Å². The summed E-state index contributed by atoms with van der Waals surface area (Å²) in [5.74, 6) is -2.38. The highest BCUT2D eigenvalue weighted by Crippen LogP contribution is 2.23. The van der Waals surface area contributed by atoms with Gasteiger partial charge in [0.15, 0.2) is 0 Å². The Balaban J connectivity index is 1.08. The molecule has 4 rings (SSSR count). The van der Waals surface area contributed by atoms with E-state index < -0.39 is 29.5 Å². The van der Waals surface area contributed by atoms with Crippen LogP contribution in [0.1, 0.15) is 73.5 Å². The first-order valence-electron chi connectivity index (χ1n) is 13.0. The second kappa shape index (κ2) is 12.8. The molecule has 2 aromatic carbocycles. The lowest BCUT2D eigenvalue weighted by Crippen LogP contribution is -2.34. The van der Waals surface area contributed by atoms with Gasteiger partial charge in [0.1, 0.15) is 5.84 Å². The van der Waals surface area contributed by atoms with E-state index >= 15 is 0 Å². The maximum atomic E-state index is 12.4. The molecule has 0 spiro atoms. The molecule has 0 saturated carbocycles. The Hall–Kier alpha value is -5.20. The van der Waals surface area contributed by atoms with E-state index in [0.717, 1.165) is 9.80 Å². The molecule has 0 fully saturated rings. The fraction of sp³-hybridized carbons (Fsp3) is 0.286. The summed E-state index contributed by atoms with van der Waals surface area (Å²) >= 11 is 0. The topological polar surface area (TPSA) is 195 Å². The fourth-order valence-electron chi connectivity index (χ4n) is 4.40. The highest BCUT2D eigenvalue weighted by Gasteiger charge is 2.35. The van der Waals surface area contributed by atoms with Crippen molar-refractivity contribution in [3.63, 3.8) is 0 Å². The molecule has 2 heterocycles. The minimum atomic E-state index is -0.463. The molecule has 41 heavy (non-hydrogen) atoms. The number of hydrogen-bond donors (Lipinski definition) is 4. The first-order chi connectivity index (χ1) is 19.7. The van der Waals surface area contributed by atoms with E-state index in [1.807, 2.05) is 0 Å². The van der Waals surface area contributed by atoms with Crippen LogP contribution in [0.5, 0.6) is 0 Å². The number of fused-ring (bicyclic) bond motifs is 2. The van der Waals surface area contributed by atoms with E-state index in [0.29, 0.717) is 22.3 Å². The minimum Gasteiger partial charge on any atom is -0.386 e. The van der Waals surface area contributed by atoms with Gasteiger partial charge < -0.3 is 16.5 Å². The van der Waals surface area contributed by atoms with Gasteiger partial charge in [-0.2, -0.15) is 5.10 Å². The number of carbonyl (C=O) groups is 6. The number of hydrogen-bond acceptors (Lipinski definition) is 8. The second-order valence-electron chi connectivity index (χ2n) is 9.49. The quantitative estimate of drug-likeness (QED) is 0.122. The third-order valence-electron chi connectivity index (χ3n) is 6.62. The summed E-state index contributed by atoms with van der Waals surface area (Å²) in [5, 5.41) is 14.4. The van der Waals surface area contributed by atoms with Crippen molar-refractivity contribution >= 4 is 47.0 Å². The SMILES string of the molecule is N=C(CCN1C(=O)c2ccccc2C1=O)CNC(=O)CCCC(=O)NN=C(N)CCN1C(=O)c2ccccc2C1=O. The van der Waals surface area contributed by atoms with Crippen molar-refractivity contribution in [2.24, 2.45) is 10.8 Å². The van der Waals surface area contributed by atoms with Gasteiger partial charge in [0.25, 0.3) is 23.6 Å². The molecule has 2 aliphatic heterocycles. The molecule has 0 aromatic heterocycles. The fourth-order valence-corrected chi connectivity index (χ4v) is 4.40. The van der Waals surface area contributed by atoms with Gasteiger partial charge in [0.05, 0.1) is 28.8 Å². The molecule has 0 unspecified atom stereocenters. The Bertz CT molecular complexity index is 1400. The highest BCUT2D eigenvalue weighted by atomic mass is 16.2. The number of amidine groups is 1. The molecule has 13 nitrogen and oxygen atoms in total. The molecular formula is C28H29N7O6. The molecule has 2 aromatic rings. The van der Waals surface area contributed by atoms with Crippen molar-refractivity contribution in [1.29, 1.82) is 5.41 Å². The van der Waals surface area contributed by atoms with E-state index in [4.69, 9.17) is 11.1 Å². The van der Waals surface area contributed by atoms with Crippen LogP contribution in [-0.4, -0.2) is 76.4 Å². The summed E-state index contributed by atoms with van der Waals surface area (Å²) in [5.41, 5.74) is 9.61. The van der Waals surface area contributed by atoms with Crippen LogP contribution in [0.15, 0.2) is 53.6 Å². The number of nitrogens with two attached hydrogens (primary N) is 1. The number of carbonyl (C=O) groups excluding carboxylic acids is 6. The number of nitrogens with one attached hydrogen (secondary N) is 3. The largest absolute Gasteiger partial charge is 0.386 e. The number of amides is 6. The van der Waals surface area contributed by atoms with Gasteiger partial charge in [0, 0.05) is 44.5 Å². The summed E-state index contributed by atoms with van der Waals surface area (Å²) in [4.78, 5) is 75.8. The molecular weight excluding hydrogens is 530 g/mol. The molecule has 2 aliphatic rings. The van der Waals surface area contributed by atoms with Gasteiger partial charge in [0.2, 0.25) is 11.8 Å². The number of benzene rings is 2. The molecule has 0 bridgehead atoms. The maximum absolute atomic E-state index is 12.4. The van der Waals surface area contributed by atoms with Crippen LogP contribution >= 0.6 is 0 Å². The number of hydrazone groups is 1. The van der Waals surface area contributed by atoms with Gasteiger partial charge in [-0.3, -0.25) is 38.6 Å². The van der Waals surface area contributed by atoms with Crippen LogP contribution in [0.25, 0.3) is 0 Å². The van der Waals surface area contributed by atoms with E-state index in [2.05, 4.69) is 15.8 Å². The van der Waals surface area contributed by atoms with Crippen LogP contribution in [0.3, 0.4) is 0 Å². The van der Waals surface area contributed by atoms with Gasteiger partial charge in [-0.25, -0.2) is 5.43 Å². The van der Waals surface area contributed by atoms with Crippen LogP contribution in [0.4, 0.5) is 0 Å². The summed E-state index contributed by atoms with van der Waals surface area (Å²) < 4.78 is 0. The minimum absolute atomic E-state index is 0.000203. The smallest absolute Gasteiger partial charge is 0.261 e. The van der Waals surface area contributed by atoms with Crippen molar-refractivity contribution < 1.29 is 28.8 Å². The summed E-state index contributed by atoms with van der Waals surface area (Å²) in [6.45, 7) is 0.0241. The van der Waals surface area contributed by atoms with Crippen molar-refractivity contribution in [3.8, 4) is 0 Å². The third-order valence-corrected chi connectivity index (χ3v) is 6.62. The normalized spacial score (nSPS) is 14.3. The molecule has 6 amide bonds. The molecule has 212 valence electrons. The first-order valence-corrected chi connectivity index (χ1v) is 13.0. The zero-order valence-electron chi connectivity index (χ0n) is 22.1. The van der Waals surface area contributed by atoms with Gasteiger partial charge in [-0.15, -0.1) is 0 Å². The Labute approximate surface area is 235 Å². The average molecular weight is 560 g/mol. The second-order valence-corrected chi connectivity index (χ2v) is 9.49. The monoisotopic (exact) mass is 559 g/mol. The third kappa shape index (κ3) is 6.69. The molecule has 0 aliphatic carbocycles. The van der Waals surface area contributed by atoms with Crippen LogP contribution in [0, 0.1) is 5.41 Å². The number of imide groups is 2. The molecule has 0 atom stereocenters. The Morgan fingerprint density at radius 3 is 1.63 bits per heavy atom. The number of nitrogens with zero attached hydrogens (tertiary/aromatic N) is 3.